The Bertz CT molecular complexity index is 855. The minimum atomic E-state index is -0.0225. The van der Waals surface area contributed by atoms with E-state index in [1.807, 2.05) is 15.5 Å². The monoisotopic (exact) mass is 364 g/mol. The molecule has 2 aromatic rings. The molecule has 0 spiro atoms. The van der Waals surface area contributed by atoms with Gasteiger partial charge in [-0.05, 0) is 37.3 Å². The van der Waals surface area contributed by atoms with E-state index < -0.39 is 0 Å². The third-order valence-electron chi connectivity index (χ3n) is 5.69. The van der Waals surface area contributed by atoms with E-state index in [9.17, 15) is 10.1 Å². The highest BCUT2D eigenvalue weighted by atomic mass is 16.2. The van der Waals surface area contributed by atoms with Gasteiger partial charge in [0.2, 0.25) is 0 Å². The second-order valence-electron chi connectivity index (χ2n) is 7.46. The minimum Gasteiger partial charge on any atom is -0.339 e. The molecule has 3 saturated heterocycles. The van der Waals surface area contributed by atoms with Crippen LogP contribution in [0.15, 0.2) is 30.9 Å². The first-order valence-electron chi connectivity index (χ1n) is 9.56. The summed E-state index contributed by atoms with van der Waals surface area (Å²) in [6, 6.07) is 4.61. The largest absolute Gasteiger partial charge is 0.339 e. The number of carbonyl (C=O) groups is 1. The van der Waals surface area contributed by atoms with E-state index in [0.29, 0.717) is 23.3 Å². The van der Waals surface area contributed by atoms with Gasteiger partial charge in [0.15, 0.2) is 0 Å². The van der Waals surface area contributed by atoms with Gasteiger partial charge < -0.3 is 9.47 Å². The highest BCUT2D eigenvalue weighted by molar-refractivity contribution is 5.92. The van der Waals surface area contributed by atoms with Crippen LogP contribution in [0, 0.1) is 17.2 Å². The predicted molar refractivity (Wildman–Crippen MR) is 99.7 cm³/mol. The summed E-state index contributed by atoms with van der Waals surface area (Å²) in [5.41, 5.74) is 2.31. The molecule has 0 N–H and O–H groups in total. The van der Waals surface area contributed by atoms with Gasteiger partial charge in [0.1, 0.15) is 17.5 Å². The average Bonchev–Trinajstić information content (AvgIpc) is 2.88. The molecule has 7 heteroatoms. The van der Waals surface area contributed by atoms with Crippen molar-refractivity contribution in [3.05, 3.63) is 47.8 Å². The average molecular weight is 364 g/mol. The van der Waals surface area contributed by atoms with E-state index in [2.05, 4.69) is 34.1 Å². The van der Waals surface area contributed by atoms with Gasteiger partial charge in [-0.15, -0.1) is 0 Å². The standard InChI is InChI=1S/C20H24N6O/c1-2-24-12-16(7-18(24)8-21)13-25-10-15-3-4-17(25)14-26(11-15)20(27)19-9-22-5-6-23-19/h5-7,9,12,15,17H,2-4,10-11,13-14H2,1H3/t15-,17-/m1/s1. The van der Waals surface area contributed by atoms with Gasteiger partial charge in [-0.3, -0.25) is 14.7 Å². The van der Waals surface area contributed by atoms with Gasteiger partial charge in [-0.2, -0.15) is 5.26 Å². The van der Waals surface area contributed by atoms with Crippen LogP contribution in [0.3, 0.4) is 0 Å². The fourth-order valence-corrected chi connectivity index (χ4v) is 4.35. The van der Waals surface area contributed by atoms with Gasteiger partial charge in [-0.1, -0.05) is 0 Å². The molecule has 0 aromatic carbocycles. The number of nitrogens with zero attached hydrogens (tertiary/aromatic N) is 6. The van der Waals surface area contributed by atoms with Crippen LogP contribution >= 0.6 is 0 Å². The molecule has 0 radical (unpaired) electrons. The van der Waals surface area contributed by atoms with Gasteiger partial charge in [0.25, 0.3) is 5.91 Å². The van der Waals surface area contributed by atoms with Crippen molar-refractivity contribution >= 4 is 5.91 Å². The van der Waals surface area contributed by atoms with Crippen LogP contribution in [0.25, 0.3) is 0 Å². The van der Waals surface area contributed by atoms with Crippen molar-refractivity contribution in [1.82, 2.24) is 24.3 Å². The highest BCUT2D eigenvalue weighted by Crippen LogP contribution is 2.30. The summed E-state index contributed by atoms with van der Waals surface area (Å²) < 4.78 is 2.00. The Kier molecular flexibility index (Phi) is 4.90. The maximum absolute atomic E-state index is 12.8. The van der Waals surface area contributed by atoms with Crippen LogP contribution in [-0.2, 0) is 13.1 Å². The van der Waals surface area contributed by atoms with Crippen molar-refractivity contribution in [2.45, 2.75) is 38.9 Å². The van der Waals surface area contributed by atoms with Crippen LogP contribution < -0.4 is 0 Å². The lowest BCUT2D eigenvalue weighted by molar-refractivity contribution is 0.0729. The van der Waals surface area contributed by atoms with Crippen LogP contribution in [0.1, 0.15) is 41.5 Å². The maximum atomic E-state index is 12.8. The Morgan fingerprint density at radius 2 is 2.19 bits per heavy atom. The molecule has 0 unspecified atom stereocenters. The third kappa shape index (κ3) is 3.58. The Hall–Kier alpha value is -2.72. The fraction of sp³-hybridized carbons (Fsp3) is 0.500. The Labute approximate surface area is 159 Å². The van der Waals surface area contributed by atoms with Gasteiger partial charge in [0.05, 0.1) is 6.20 Å². The smallest absolute Gasteiger partial charge is 0.274 e. The molecular formula is C20H24N6O. The third-order valence-corrected chi connectivity index (χ3v) is 5.69. The van der Waals surface area contributed by atoms with Crippen molar-refractivity contribution in [1.29, 1.82) is 5.26 Å². The molecule has 3 aliphatic rings. The van der Waals surface area contributed by atoms with Crippen LogP contribution in [0.5, 0.6) is 0 Å². The molecule has 2 atom stereocenters. The number of rotatable bonds is 4. The Balaban J connectivity index is 1.49. The SMILES string of the molecule is CCn1cc(CN2C[C@H]3CC[C@@H]2CN(C(=O)c2cnccn2)C3)cc1C#N. The molecule has 7 nitrogen and oxygen atoms in total. The van der Waals surface area contributed by atoms with Crippen LogP contribution in [0.4, 0.5) is 0 Å². The van der Waals surface area contributed by atoms with Crippen molar-refractivity contribution < 1.29 is 4.79 Å². The van der Waals surface area contributed by atoms with Gasteiger partial charge in [0, 0.05) is 57.4 Å². The zero-order chi connectivity index (χ0) is 18.8. The lowest BCUT2D eigenvalue weighted by Crippen LogP contribution is -2.43. The minimum absolute atomic E-state index is 0.0225. The Morgan fingerprint density at radius 3 is 2.89 bits per heavy atom. The van der Waals surface area contributed by atoms with Crippen LogP contribution in [-0.4, -0.2) is 55.9 Å². The predicted octanol–water partition coefficient (Wildman–Crippen LogP) is 1.91. The van der Waals surface area contributed by atoms with E-state index in [0.717, 1.165) is 45.6 Å². The topological polar surface area (TPSA) is 78.1 Å². The Morgan fingerprint density at radius 1 is 1.30 bits per heavy atom. The second kappa shape index (κ2) is 7.49. The summed E-state index contributed by atoms with van der Waals surface area (Å²) in [4.78, 5) is 25.5. The first-order valence-corrected chi connectivity index (χ1v) is 9.56. The maximum Gasteiger partial charge on any atom is 0.274 e. The summed E-state index contributed by atoms with van der Waals surface area (Å²) in [6.45, 7) is 6.18. The number of nitriles is 1. The normalized spacial score (nSPS) is 22.4. The first kappa shape index (κ1) is 17.7. The number of aromatic nitrogens is 3. The van der Waals surface area contributed by atoms with Crippen LogP contribution in [0.2, 0.25) is 0 Å². The summed E-state index contributed by atoms with van der Waals surface area (Å²) in [6.07, 6.45) is 9.04. The van der Waals surface area contributed by atoms with Crippen molar-refractivity contribution in [2.75, 3.05) is 19.6 Å². The second-order valence-corrected chi connectivity index (χ2v) is 7.46. The van der Waals surface area contributed by atoms with Gasteiger partial charge in [-0.25, -0.2) is 4.98 Å². The highest BCUT2D eigenvalue weighted by Gasteiger charge is 2.37. The van der Waals surface area contributed by atoms with Gasteiger partial charge >= 0.3 is 0 Å². The zero-order valence-corrected chi connectivity index (χ0v) is 15.6. The first-order chi connectivity index (χ1) is 13.2. The number of fused-ring (bicyclic) bond motifs is 4. The van der Waals surface area contributed by atoms with E-state index in [1.165, 1.54) is 5.56 Å². The summed E-state index contributed by atoms with van der Waals surface area (Å²) >= 11 is 0. The molecule has 3 aliphatic heterocycles. The molecule has 1 amide bonds. The molecule has 2 aromatic heterocycles. The molecule has 3 fully saturated rings. The molecule has 5 heterocycles. The number of piperidine rings is 1. The van der Waals surface area contributed by atoms with E-state index in [-0.39, 0.29) is 5.91 Å². The number of hydrogen-bond acceptors (Lipinski definition) is 5. The molecule has 0 saturated carbocycles. The van der Waals surface area contributed by atoms with Crippen molar-refractivity contribution in [3.63, 3.8) is 0 Å². The lowest BCUT2D eigenvalue weighted by Gasteiger charge is -2.35. The number of hydrogen-bond donors (Lipinski definition) is 0. The molecule has 2 bridgehead atoms. The lowest BCUT2D eigenvalue weighted by atomic mass is 9.94. The molecule has 27 heavy (non-hydrogen) atoms. The molecule has 5 rings (SSSR count). The summed E-state index contributed by atoms with van der Waals surface area (Å²) in [7, 11) is 0. The number of aryl methyl sites for hydroxylation is 1. The molecule has 0 aliphatic carbocycles. The number of amides is 1. The molecular weight excluding hydrogens is 340 g/mol. The zero-order valence-electron chi connectivity index (χ0n) is 15.6. The van der Waals surface area contributed by atoms with E-state index in [4.69, 9.17) is 0 Å². The fourth-order valence-electron chi connectivity index (χ4n) is 4.35. The van der Waals surface area contributed by atoms with E-state index >= 15 is 0 Å². The summed E-state index contributed by atoms with van der Waals surface area (Å²) in [5, 5.41) is 9.28. The number of carbonyl (C=O) groups excluding carboxylic acids is 1. The molecule has 140 valence electrons. The summed E-state index contributed by atoms with van der Waals surface area (Å²) in [5.74, 6) is 0.457. The van der Waals surface area contributed by atoms with Crippen molar-refractivity contribution in [2.24, 2.45) is 5.92 Å². The van der Waals surface area contributed by atoms with Crippen molar-refractivity contribution in [3.8, 4) is 6.07 Å². The quantitative estimate of drug-likeness (QED) is 0.828. The van der Waals surface area contributed by atoms with E-state index in [1.54, 1.807) is 18.6 Å².